The number of rotatable bonds is 5. The molecular formula is C16H17BrFNO. The van der Waals surface area contributed by atoms with Gasteiger partial charge in [0.2, 0.25) is 0 Å². The van der Waals surface area contributed by atoms with E-state index in [1.807, 2.05) is 18.2 Å². The van der Waals surface area contributed by atoms with Crippen LogP contribution in [0.4, 0.5) is 10.1 Å². The van der Waals surface area contributed by atoms with Crippen molar-refractivity contribution in [3.05, 3.63) is 58.3 Å². The van der Waals surface area contributed by atoms with Gasteiger partial charge in [0.15, 0.2) is 0 Å². The van der Waals surface area contributed by atoms with E-state index in [1.165, 1.54) is 12.1 Å². The highest BCUT2D eigenvalue weighted by Crippen LogP contribution is 2.25. The lowest BCUT2D eigenvalue weighted by Crippen LogP contribution is -2.18. The number of hydrogen-bond donors (Lipinski definition) is 1. The van der Waals surface area contributed by atoms with Crippen LogP contribution in [-0.2, 0) is 6.42 Å². The van der Waals surface area contributed by atoms with E-state index in [0.29, 0.717) is 0 Å². The lowest BCUT2D eigenvalue weighted by Gasteiger charge is -2.18. The molecule has 0 saturated carbocycles. The number of nitrogens with one attached hydrogen (secondary N) is 1. The minimum absolute atomic E-state index is 0.202. The Balaban J connectivity index is 2.07. The maximum absolute atomic E-state index is 13.1. The first-order chi connectivity index (χ1) is 9.60. The Kier molecular flexibility index (Phi) is 5.01. The van der Waals surface area contributed by atoms with Gasteiger partial charge in [-0.25, -0.2) is 4.39 Å². The molecule has 0 fully saturated rings. The van der Waals surface area contributed by atoms with E-state index in [4.69, 9.17) is 4.74 Å². The summed E-state index contributed by atoms with van der Waals surface area (Å²) in [5.74, 6) is 0.638. The Morgan fingerprint density at radius 2 is 2.00 bits per heavy atom. The normalized spacial score (nSPS) is 12.0. The third kappa shape index (κ3) is 3.73. The molecule has 0 spiro atoms. The molecule has 0 aliphatic heterocycles. The third-order valence-corrected chi connectivity index (χ3v) is 3.71. The predicted octanol–water partition coefficient (Wildman–Crippen LogP) is 4.64. The molecule has 1 N–H and O–H groups in total. The van der Waals surface area contributed by atoms with Crippen LogP contribution in [0.2, 0.25) is 0 Å². The fraction of sp³-hybridized carbons (Fsp3) is 0.250. The smallest absolute Gasteiger partial charge is 0.124 e. The molecule has 2 aromatic rings. The summed E-state index contributed by atoms with van der Waals surface area (Å²) in [6.07, 6.45) is 0.827. The van der Waals surface area contributed by atoms with E-state index in [2.05, 4.69) is 34.2 Å². The summed E-state index contributed by atoms with van der Waals surface area (Å²) in [6.45, 7) is 2.09. The van der Waals surface area contributed by atoms with Crippen molar-refractivity contribution in [2.75, 3.05) is 12.4 Å². The second-order valence-corrected chi connectivity index (χ2v) is 5.54. The Hall–Kier alpha value is -1.55. The van der Waals surface area contributed by atoms with Crippen molar-refractivity contribution in [3.63, 3.8) is 0 Å². The second kappa shape index (κ2) is 6.75. The van der Waals surface area contributed by atoms with Crippen molar-refractivity contribution >= 4 is 21.6 Å². The molecule has 0 aliphatic carbocycles. The first-order valence-corrected chi connectivity index (χ1v) is 7.23. The van der Waals surface area contributed by atoms with Gasteiger partial charge in [0.1, 0.15) is 11.6 Å². The van der Waals surface area contributed by atoms with Gasteiger partial charge in [-0.1, -0.05) is 18.2 Å². The van der Waals surface area contributed by atoms with Crippen molar-refractivity contribution in [1.82, 2.24) is 0 Å². The lowest BCUT2D eigenvalue weighted by molar-refractivity contribution is 0.409. The highest BCUT2D eigenvalue weighted by molar-refractivity contribution is 9.10. The number of halogens is 2. The zero-order valence-corrected chi connectivity index (χ0v) is 13.1. The summed E-state index contributed by atoms with van der Waals surface area (Å²) in [7, 11) is 1.67. The number of hydrogen-bond acceptors (Lipinski definition) is 2. The lowest BCUT2D eigenvalue weighted by atomic mass is 10.1. The summed E-state index contributed by atoms with van der Waals surface area (Å²) in [5.41, 5.74) is 2.03. The van der Waals surface area contributed by atoms with E-state index in [1.54, 1.807) is 13.2 Å². The predicted molar refractivity (Wildman–Crippen MR) is 83.9 cm³/mol. The molecule has 1 unspecified atom stereocenters. The molecule has 0 amide bonds. The van der Waals surface area contributed by atoms with Gasteiger partial charge in [-0.2, -0.15) is 0 Å². The fourth-order valence-electron chi connectivity index (χ4n) is 2.12. The zero-order valence-electron chi connectivity index (χ0n) is 11.5. The monoisotopic (exact) mass is 337 g/mol. The Bertz CT molecular complexity index is 588. The highest BCUT2D eigenvalue weighted by Gasteiger charge is 2.09. The van der Waals surface area contributed by atoms with Crippen LogP contribution in [0.1, 0.15) is 12.5 Å². The van der Waals surface area contributed by atoms with Crippen molar-refractivity contribution in [2.24, 2.45) is 0 Å². The van der Waals surface area contributed by atoms with Gasteiger partial charge >= 0.3 is 0 Å². The number of anilines is 1. The molecule has 2 rings (SSSR count). The van der Waals surface area contributed by atoms with Gasteiger partial charge in [-0.3, -0.25) is 0 Å². The minimum atomic E-state index is -0.250. The van der Waals surface area contributed by atoms with E-state index in [9.17, 15) is 4.39 Å². The SMILES string of the molecule is COc1ccccc1CC(C)Nc1ccc(F)cc1Br. The Morgan fingerprint density at radius 1 is 1.25 bits per heavy atom. The molecule has 20 heavy (non-hydrogen) atoms. The van der Waals surface area contributed by atoms with Crippen LogP contribution in [0, 0.1) is 5.82 Å². The molecule has 106 valence electrons. The molecule has 2 aromatic carbocycles. The van der Waals surface area contributed by atoms with Crippen LogP contribution >= 0.6 is 15.9 Å². The van der Waals surface area contributed by atoms with Gasteiger partial charge in [-0.05, 0) is 59.1 Å². The summed E-state index contributed by atoms with van der Waals surface area (Å²) in [4.78, 5) is 0. The molecule has 2 nitrogen and oxygen atoms in total. The first kappa shape index (κ1) is 14.9. The van der Waals surface area contributed by atoms with E-state index in [0.717, 1.165) is 27.9 Å². The molecule has 0 heterocycles. The summed E-state index contributed by atoms with van der Waals surface area (Å²) < 4.78 is 19.1. The average molecular weight is 338 g/mol. The van der Waals surface area contributed by atoms with Gasteiger partial charge in [0, 0.05) is 16.2 Å². The quantitative estimate of drug-likeness (QED) is 0.858. The van der Waals surface area contributed by atoms with Gasteiger partial charge in [0.25, 0.3) is 0 Å². The highest BCUT2D eigenvalue weighted by atomic mass is 79.9. The second-order valence-electron chi connectivity index (χ2n) is 4.69. The number of ether oxygens (including phenoxy) is 1. The number of para-hydroxylation sites is 1. The van der Waals surface area contributed by atoms with Crippen LogP contribution < -0.4 is 10.1 Å². The molecule has 0 aromatic heterocycles. The van der Waals surface area contributed by atoms with E-state index >= 15 is 0 Å². The van der Waals surface area contributed by atoms with Gasteiger partial charge in [0.05, 0.1) is 7.11 Å². The molecule has 0 saturated heterocycles. The molecule has 4 heteroatoms. The Labute approximate surface area is 127 Å². The zero-order chi connectivity index (χ0) is 14.5. The van der Waals surface area contributed by atoms with Crippen LogP contribution in [0.25, 0.3) is 0 Å². The molecule has 0 bridgehead atoms. The first-order valence-electron chi connectivity index (χ1n) is 6.43. The Morgan fingerprint density at radius 3 is 2.70 bits per heavy atom. The van der Waals surface area contributed by atoms with Crippen LogP contribution in [-0.4, -0.2) is 13.2 Å². The largest absolute Gasteiger partial charge is 0.496 e. The summed E-state index contributed by atoms with van der Waals surface area (Å²) in [6, 6.07) is 12.8. The maximum atomic E-state index is 13.1. The van der Waals surface area contributed by atoms with E-state index in [-0.39, 0.29) is 11.9 Å². The molecule has 0 aliphatic rings. The number of benzene rings is 2. The maximum Gasteiger partial charge on any atom is 0.124 e. The molecule has 0 radical (unpaired) electrons. The summed E-state index contributed by atoms with van der Waals surface area (Å²) >= 11 is 3.36. The topological polar surface area (TPSA) is 21.3 Å². The third-order valence-electron chi connectivity index (χ3n) is 3.05. The minimum Gasteiger partial charge on any atom is -0.496 e. The molecular weight excluding hydrogens is 321 g/mol. The summed E-state index contributed by atoms with van der Waals surface area (Å²) in [5, 5.41) is 3.37. The van der Waals surface area contributed by atoms with Crippen LogP contribution in [0.5, 0.6) is 5.75 Å². The fourth-order valence-corrected chi connectivity index (χ4v) is 2.59. The van der Waals surface area contributed by atoms with Crippen molar-refractivity contribution in [1.29, 1.82) is 0 Å². The van der Waals surface area contributed by atoms with Crippen molar-refractivity contribution in [3.8, 4) is 5.75 Å². The standard InChI is InChI=1S/C16H17BrFNO/c1-11(9-12-5-3-4-6-16(12)20-2)19-15-8-7-13(18)10-14(15)17/h3-8,10-11,19H,9H2,1-2H3. The average Bonchev–Trinajstić information content (AvgIpc) is 2.42. The van der Waals surface area contributed by atoms with Crippen molar-refractivity contribution < 1.29 is 9.13 Å². The van der Waals surface area contributed by atoms with Crippen LogP contribution in [0.3, 0.4) is 0 Å². The van der Waals surface area contributed by atoms with Crippen molar-refractivity contribution in [2.45, 2.75) is 19.4 Å². The van der Waals surface area contributed by atoms with Gasteiger partial charge < -0.3 is 10.1 Å². The number of methoxy groups -OCH3 is 1. The molecule has 1 atom stereocenters. The van der Waals surface area contributed by atoms with Gasteiger partial charge in [-0.15, -0.1) is 0 Å². The van der Waals surface area contributed by atoms with E-state index < -0.39 is 0 Å². The van der Waals surface area contributed by atoms with Crippen LogP contribution in [0.15, 0.2) is 46.9 Å².